The summed E-state index contributed by atoms with van der Waals surface area (Å²) in [5, 5.41) is 0. The van der Waals surface area contributed by atoms with Gasteiger partial charge in [-0.05, 0) is 18.8 Å². The molecule has 1 heterocycles. The maximum atomic E-state index is 10.1. The molecule has 0 N–H and O–H groups in total. The van der Waals surface area contributed by atoms with Crippen molar-refractivity contribution in [3.63, 3.8) is 0 Å². The fourth-order valence-corrected chi connectivity index (χ4v) is 2.05. The Morgan fingerprint density at radius 1 is 1.35 bits per heavy atom. The second-order valence-electron chi connectivity index (χ2n) is 4.65. The van der Waals surface area contributed by atoms with Crippen LogP contribution in [0.4, 0.5) is 0 Å². The summed E-state index contributed by atoms with van der Waals surface area (Å²) < 4.78 is 24.7. The summed E-state index contributed by atoms with van der Waals surface area (Å²) in [6, 6.07) is 0. The van der Waals surface area contributed by atoms with E-state index in [2.05, 4.69) is 40.2 Å². The summed E-state index contributed by atoms with van der Waals surface area (Å²) in [6.07, 6.45) is 5.91. The van der Waals surface area contributed by atoms with Gasteiger partial charge in [-0.25, -0.2) is 4.21 Å². The number of hydrogen-bond acceptors (Lipinski definition) is 5. The quantitative estimate of drug-likeness (QED) is 0.486. The van der Waals surface area contributed by atoms with Crippen molar-refractivity contribution in [3.8, 4) is 0 Å². The van der Waals surface area contributed by atoms with Crippen LogP contribution in [-0.2, 0) is 15.5 Å². The molecule has 1 atom stereocenters. The van der Waals surface area contributed by atoms with Crippen molar-refractivity contribution < 1.29 is 12.9 Å². The van der Waals surface area contributed by atoms with E-state index >= 15 is 0 Å². The molecule has 0 saturated carbocycles. The molecular formula is C11H21N2O3S-. The zero-order chi connectivity index (χ0) is 12.7. The molecule has 0 aromatic carbocycles. The molecule has 0 amide bonds. The standard InChI is InChI=1S/C11H22N2O3S/c1-11(2)9-13-7-6-12(10-13)5-3-4-8-16-17(14)15/h6-7,11H,3-5,8-10H2,1-2H3,(H,14,15)/p-1. The molecule has 1 aliphatic heterocycles. The lowest BCUT2D eigenvalue weighted by molar-refractivity contribution is 0.235. The Morgan fingerprint density at radius 2 is 2.06 bits per heavy atom. The second-order valence-corrected chi connectivity index (χ2v) is 5.29. The van der Waals surface area contributed by atoms with Crippen LogP contribution in [0.1, 0.15) is 26.7 Å². The van der Waals surface area contributed by atoms with Crippen LogP contribution < -0.4 is 0 Å². The lowest BCUT2D eigenvalue weighted by atomic mass is 10.2. The summed E-state index contributed by atoms with van der Waals surface area (Å²) >= 11 is -2.37. The maximum absolute atomic E-state index is 10.1. The molecule has 0 radical (unpaired) electrons. The van der Waals surface area contributed by atoms with Crippen molar-refractivity contribution >= 4 is 11.4 Å². The molecule has 1 rings (SSSR count). The van der Waals surface area contributed by atoms with Gasteiger partial charge in [-0.3, -0.25) is 0 Å². The van der Waals surface area contributed by atoms with Crippen LogP contribution in [0, 0.1) is 5.92 Å². The average molecular weight is 261 g/mol. The minimum absolute atomic E-state index is 0.281. The molecule has 0 aliphatic carbocycles. The predicted molar refractivity (Wildman–Crippen MR) is 66.4 cm³/mol. The van der Waals surface area contributed by atoms with Gasteiger partial charge in [0.2, 0.25) is 0 Å². The summed E-state index contributed by atoms with van der Waals surface area (Å²) in [6.45, 7) is 7.65. The molecule has 0 aromatic heterocycles. The van der Waals surface area contributed by atoms with Crippen LogP contribution in [0.3, 0.4) is 0 Å². The average Bonchev–Trinajstić information content (AvgIpc) is 2.63. The highest BCUT2D eigenvalue weighted by Crippen LogP contribution is 2.10. The molecule has 17 heavy (non-hydrogen) atoms. The van der Waals surface area contributed by atoms with Crippen molar-refractivity contribution in [3.05, 3.63) is 12.4 Å². The van der Waals surface area contributed by atoms with Crippen molar-refractivity contribution in [2.45, 2.75) is 26.7 Å². The van der Waals surface area contributed by atoms with E-state index in [1.54, 1.807) is 0 Å². The lowest BCUT2D eigenvalue weighted by Crippen LogP contribution is -2.28. The van der Waals surface area contributed by atoms with E-state index in [1.807, 2.05) is 0 Å². The summed E-state index contributed by atoms with van der Waals surface area (Å²) in [5.74, 6) is 0.667. The Labute approximate surface area is 106 Å². The van der Waals surface area contributed by atoms with E-state index < -0.39 is 11.4 Å². The fraction of sp³-hybridized carbons (Fsp3) is 0.818. The molecule has 1 unspecified atom stereocenters. The third-order valence-electron chi connectivity index (χ3n) is 2.47. The molecule has 5 nitrogen and oxygen atoms in total. The minimum Gasteiger partial charge on any atom is -0.750 e. The number of nitrogens with zero attached hydrogens (tertiary/aromatic N) is 2. The van der Waals surface area contributed by atoms with Crippen LogP contribution >= 0.6 is 0 Å². The molecule has 100 valence electrons. The largest absolute Gasteiger partial charge is 0.750 e. The van der Waals surface area contributed by atoms with Gasteiger partial charge in [0.15, 0.2) is 0 Å². The van der Waals surface area contributed by atoms with Crippen LogP contribution in [0.2, 0.25) is 0 Å². The van der Waals surface area contributed by atoms with Crippen LogP contribution in [0.15, 0.2) is 12.4 Å². The predicted octanol–water partition coefficient (Wildman–Crippen LogP) is 1.28. The monoisotopic (exact) mass is 261 g/mol. The molecular weight excluding hydrogens is 240 g/mol. The highest BCUT2D eigenvalue weighted by molar-refractivity contribution is 7.74. The van der Waals surface area contributed by atoms with Crippen molar-refractivity contribution in [2.75, 3.05) is 26.4 Å². The Morgan fingerprint density at radius 3 is 2.71 bits per heavy atom. The van der Waals surface area contributed by atoms with Gasteiger partial charge >= 0.3 is 0 Å². The lowest BCUT2D eigenvalue weighted by Gasteiger charge is -2.22. The van der Waals surface area contributed by atoms with E-state index in [-0.39, 0.29) is 6.61 Å². The highest BCUT2D eigenvalue weighted by Gasteiger charge is 2.12. The maximum Gasteiger partial charge on any atom is 0.0893 e. The zero-order valence-electron chi connectivity index (χ0n) is 10.5. The van der Waals surface area contributed by atoms with Gasteiger partial charge in [0.05, 0.1) is 24.6 Å². The number of hydrogen-bond donors (Lipinski definition) is 0. The van der Waals surface area contributed by atoms with Crippen molar-refractivity contribution in [1.29, 1.82) is 0 Å². The van der Waals surface area contributed by atoms with Crippen LogP contribution in [-0.4, -0.2) is 44.9 Å². The molecule has 0 spiro atoms. The normalized spacial score (nSPS) is 17.2. The van der Waals surface area contributed by atoms with E-state index in [1.165, 1.54) is 0 Å². The Balaban J connectivity index is 2.03. The second kappa shape index (κ2) is 7.68. The topological polar surface area (TPSA) is 55.8 Å². The molecule has 6 heteroatoms. The molecule has 0 aromatic rings. The van der Waals surface area contributed by atoms with Crippen molar-refractivity contribution in [2.24, 2.45) is 5.92 Å². The van der Waals surface area contributed by atoms with E-state index in [4.69, 9.17) is 0 Å². The van der Waals surface area contributed by atoms with Crippen LogP contribution in [0.25, 0.3) is 0 Å². The first kappa shape index (κ1) is 14.5. The van der Waals surface area contributed by atoms with Gasteiger partial charge in [0, 0.05) is 25.5 Å². The zero-order valence-corrected chi connectivity index (χ0v) is 11.3. The summed E-state index contributed by atoms with van der Waals surface area (Å²) in [7, 11) is 0. The third-order valence-corrected chi connectivity index (χ3v) is 2.83. The SMILES string of the molecule is CC(C)CN1C=CN(CCCCOS(=O)[O-])C1. The Hall–Kier alpha value is -0.590. The molecule has 0 saturated heterocycles. The minimum atomic E-state index is -2.37. The van der Waals surface area contributed by atoms with Crippen molar-refractivity contribution in [1.82, 2.24) is 9.80 Å². The summed E-state index contributed by atoms with van der Waals surface area (Å²) in [5.41, 5.74) is 0. The Bertz CT molecular complexity index is 271. The fourth-order valence-electron chi connectivity index (χ4n) is 1.79. The molecule has 0 fully saturated rings. The van der Waals surface area contributed by atoms with E-state index in [0.29, 0.717) is 5.92 Å². The smallest absolute Gasteiger partial charge is 0.0893 e. The number of unbranched alkanes of at least 4 members (excludes halogenated alkanes) is 1. The van der Waals surface area contributed by atoms with Gasteiger partial charge < -0.3 is 18.5 Å². The first-order valence-electron chi connectivity index (χ1n) is 5.97. The van der Waals surface area contributed by atoms with Gasteiger partial charge in [-0.2, -0.15) is 0 Å². The molecule has 0 bridgehead atoms. The van der Waals surface area contributed by atoms with E-state index in [9.17, 15) is 8.76 Å². The van der Waals surface area contributed by atoms with Crippen LogP contribution in [0.5, 0.6) is 0 Å². The molecule has 1 aliphatic rings. The first-order valence-corrected chi connectivity index (χ1v) is 6.97. The third kappa shape index (κ3) is 6.65. The number of rotatable bonds is 8. The Kier molecular flexibility index (Phi) is 6.54. The highest BCUT2D eigenvalue weighted by atomic mass is 32.2. The van der Waals surface area contributed by atoms with Gasteiger partial charge in [-0.1, -0.05) is 13.8 Å². The first-order chi connectivity index (χ1) is 8.08. The van der Waals surface area contributed by atoms with E-state index in [0.717, 1.165) is 32.6 Å². The van der Waals surface area contributed by atoms with Gasteiger partial charge in [0.25, 0.3) is 0 Å². The summed E-state index contributed by atoms with van der Waals surface area (Å²) in [4.78, 5) is 4.52. The van der Waals surface area contributed by atoms with Gasteiger partial charge in [-0.15, -0.1) is 0 Å². The van der Waals surface area contributed by atoms with Gasteiger partial charge in [0.1, 0.15) is 0 Å².